The highest BCUT2D eigenvalue weighted by Crippen LogP contribution is 2.14. The Balaban J connectivity index is 2.24. The van der Waals surface area contributed by atoms with Crippen molar-refractivity contribution in [3.63, 3.8) is 0 Å². The Hall–Kier alpha value is -0.120. The Kier molecular flexibility index (Phi) is 3.98. The average molecular weight is 172 g/mol. The lowest BCUT2D eigenvalue weighted by Crippen LogP contribution is -2.44. The second-order valence-electron chi connectivity index (χ2n) is 3.85. The number of rotatable bonds is 3. The maximum absolute atomic E-state index is 9.71. The molecule has 1 saturated heterocycles. The van der Waals surface area contributed by atoms with Gasteiger partial charge in [-0.15, -0.1) is 0 Å². The third-order valence-corrected chi connectivity index (χ3v) is 2.33. The smallest absolute Gasteiger partial charge is 0.108 e. The molecule has 0 amide bonds. The second-order valence-corrected chi connectivity index (χ2v) is 3.85. The molecule has 1 heterocycles. The lowest BCUT2D eigenvalue weighted by Gasteiger charge is -2.28. The van der Waals surface area contributed by atoms with Gasteiger partial charge in [-0.05, 0) is 39.8 Å². The predicted octanol–water partition coefficient (Wildman–Crippen LogP) is 0.302. The fourth-order valence-corrected chi connectivity index (χ4v) is 1.64. The molecule has 1 atom stereocenters. The highest BCUT2D eigenvalue weighted by atomic mass is 16.3. The van der Waals surface area contributed by atoms with Crippen LogP contribution in [0.4, 0.5) is 0 Å². The van der Waals surface area contributed by atoms with Gasteiger partial charge in [-0.2, -0.15) is 0 Å². The first-order valence-corrected chi connectivity index (χ1v) is 4.85. The standard InChI is InChI=1S/C9H20N2O/c1-7(2)11-9(12)8-3-5-10-6-4-8/h7-12H,3-6H2,1-2H3. The summed E-state index contributed by atoms with van der Waals surface area (Å²) in [6.07, 6.45) is 1.86. The maximum atomic E-state index is 9.71. The fourth-order valence-electron chi connectivity index (χ4n) is 1.64. The summed E-state index contributed by atoms with van der Waals surface area (Å²) in [6.45, 7) is 6.21. The van der Waals surface area contributed by atoms with Gasteiger partial charge in [0, 0.05) is 12.0 Å². The number of aliphatic hydroxyl groups excluding tert-OH is 1. The molecule has 0 saturated carbocycles. The topological polar surface area (TPSA) is 44.3 Å². The van der Waals surface area contributed by atoms with E-state index in [9.17, 15) is 5.11 Å². The Morgan fingerprint density at radius 2 is 1.92 bits per heavy atom. The Bertz CT molecular complexity index is 122. The van der Waals surface area contributed by atoms with Crippen LogP contribution in [0.25, 0.3) is 0 Å². The summed E-state index contributed by atoms with van der Waals surface area (Å²) >= 11 is 0. The average Bonchev–Trinajstić information content (AvgIpc) is 2.05. The van der Waals surface area contributed by atoms with Crippen LogP contribution in [0, 0.1) is 5.92 Å². The molecule has 3 heteroatoms. The summed E-state index contributed by atoms with van der Waals surface area (Å²) in [5.74, 6) is 0.439. The molecule has 1 aliphatic heterocycles. The molecule has 0 spiro atoms. The van der Waals surface area contributed by atoms with Crippen molar-refractivity contribution < 1.29 is 5.11 Å². The van der Waals surface area contributed by atoms with Crippen LogP contribution in [0.1, 0.15) is 26.7 Å². The van der Waals surface area contributed by atoms with Crippen LogP contribution in [-0.4, -0.2) is 30.5 Å². The SMILES string of the molecule is CC(C)NC(O)C1CCNCC1. The molecular weight excluding hydrogens is 152 g/mol. The van der Waals surface area contributed by atoms with Crippen molar-refractivity contribution in [1.29, 1.82) is 0 Å². The van der Waals surface area contributed by atoms with Gasteiger partial charge in [0.15, 0.2) is 0 Å². The van der Waals surface area contributed by atoms with Gasteiger partial charge < -0.3 is 10.4 Å². The molecule has 1 rings (SSSR count). The van der Waals surface area contributed by atoms with E-state index in [-0.39, 0.29) is 6.23 Å². The third-order valence-electron chi connectivity index (χ3n) is 2.33. The van der Waals surface area contributed by atoms with Crippen LogP contribution in [0.15, 0.2) is 0 Å². The van der Waals surface area contributed by atoms with Gasteiger partial charge in [-0.1, -0.05) is 0 Å². The second kappa shape index (κ2) is 4.80. The van der Waals surface area contributed by atoms with Crippen molar-refractivity contribution in [1.82, 2.24) is 10.6 Å². The first kappa shape index (κ1) is 9.96. The number of aliphatic hydroxyl groups is 1. The van der Waals surface area contributed by atoms with E-state index in [2.05, 4.69) is 24.5 Å². The monoisotopic (exact) mass is 172 g/mol. The molecule has 1 unspecified atom stereocenters. The minimum absolute atomic E-state index is 0.313. The zero-order valence-electron chi connectivity index (χ0n) is 8.01. The molecule has 3 N–H and O–H groups in total. The van der Waals surface area contributed by atoms with Crippen molar-refractivity contribution in [3.05, 3.63) is 0 Å². The summed E-state index contributed by atoms with van der Waals surface area (Å²) in [7, 11) is 0. The zero-order chi connectivity index (χ0) is 8.97. The lowest BCUT2D eigenvalue weighted by atomic mass is 9.96. The van der Waals surface area contributed by atoms with Gasteiger partial charge in [0.1, 0.15) is 6.23 Å². The molecular formula is C9H20N2O. The first-order chi connectivity index (χ1) is 5.70. The normalized spacial score (nSPS) is 23.0. The Labute approximate surface area is 74.5 Å². The van der Waals surface area contributed by atoms with Crippen LogP contribution in [0.5, 0.6) is 0 Å². The summed E-state index contributed by atoms with van der Waals surface area (Å²) < 4.78 is 0. The van der Waals surface area contributed by atoms with Gasteiger partial charge in [-0.25, -0.2) is 0 Å². The minimum Gasteiger partial charge on any atom is -0.378 e. The van der Waals surface area contributed by atoms with Gasteiger partial charge in [0.05, 0.1) is 0 Å². The molecule has 0 aromatic heterocycles. The summed E-state index contributed by atoms with van der Waals surface area (Å²) in [5.41, 5.74) is 0. The quantitative estimate of drug-likeness (QED) is 0.537. The van der Waals surface area contributed by atoms with Crippen LogP contribution in [0.3, 0.4) is 0 Å². The van der Waals surface area contributed by atoms with Crippen LogP contribution in [0.2, 0.25) is 0 Å². The van der Waals surface area contributed by atoms with Gasteiger partial charge in [-0.3, -0.25) is 5.32 Å². The van der Waals surface area contributed by atoms with E-state index in [1.807, 2.05) is 0 Å². The molecule has 1 aliphatic rings. The van der Waals surface area contributed by atoms with Crippen molar-refractivity contribution in [2.75, 3.05) is 13.1 Å². The molecule has 72 valence electrons. The molecule has 3 nitrogen and oxygen atoms in total. The molecule has 0 aromatic carbocycles. The molecule has 0 aromatic rings. The van der Waals surface area contributed by atoms with Crippen LogP contribution >= 0.6 is 0 Å². The number of hydrogen-bond donors (Lipinski definition) is 3. The largest absolute Gasteiger partial charge is 0.378 e. The molecule has 12 heavy (non-hydrogen) atoms. The number of piperidine rings is 1. The van der Waals surface area contributed by atoms with Crippen LogP contribution < -0.4 is 10.6 Å². The van der Waals surface area contributed by atoms with Crippen molar-refractivity contribution >= 4 is 0 Å². The summed E-state index contributed by atoms with van der Waals surface area (Å²) in [5, 5.41) is 16.1. The van der Waals surface area contributed by atoms with E-state index in [1.54, 1.807) is 0 Å². The molecule has 0 aliphatic carbocycles. The van der Waals surface area contributed by atoms with Gasteiger partial charge >= 0.3 is 0 Å². The Morgan fingerprint density at radius 1 is 1.33 bits per heavy atom. The summed E-state index contributed by atoms with van der Waals surface area (Å²) in [6, 6.07) is 0.370. The summed E-state index contributed by atoms with van der Waals surface area (Å²) in [4.78, 5) is 0. The Morgan fingerprint density at radius 3 is 2.42 bits per heavy atom. The van der Waals surface area contributed by atoms with Gasteiger partial charge in [0.2, 0.25) is 0 Å². The zero-order valence-corrected chi connectivity index (χ0v) is 8.01. The van der Waals surface area contributed by atoms with Crippen LogP contribution in [-0.2, 0) is 0 Å². The van der Waals surface area contributed by atoms with Crippen molar-refractivity contribution in [2.45, 2.75) is 39.0 Å². The maximum Gasteiger partial charge on any atom is 0.108 e. The van der Waals surface area contributed by atoms with E-state index < -0.39 is 0 Å². The van der Waals surface area contributed by atoms with E-state index in [4.69, 9.17) is 0 Å². The number of nitrogens with one attached hydrogen (secondary N) is 2. The van der Waals surface area contributed by atoms with Crippen molar-refractivity contribution in [3.8, 4) is 0 Å². The fraction of sp³-hybridized carbons (Fsp3) is 1.00. The van der Waals surface area contributed by atoms with E-state index in [1.165, 1.54) is 0 Å². The first-order valence-electron chi connectivity index (χ1n) is 4.85. The van der Waals surface area contributed by atoms with E-state index in [0.717, 1.165) is 25.9 Å². The molecule has 0 bridgehead atoms. The van der Waals surface area contributed by atoms with E-state index >= 15 is 0 Å². The highest BCUT2D eigenvalue weighted by Gasteiger charge is 2.21. The predicted molar refractivity (Wildman–Crippen MR) is 49.9 cm³/mol. The van der Waals surface area contributed by atoms with Crippen molar-refractivity contribution in [2.24, 2.45) is 5.92 Å². The highest BCUT2D eigenvalue weighted by molar-refractivity contribution is 4.74. The number of hydrogen-bond acceptors (Lipinski definition) is 3. The van der Waals surface area contributed by atoms with Gasteiger partial charge in [0.25, 0.3) is 0 Å². The van der Waals surface area contributed by atoms with E-state index in [0.29, 0.717) is 12.0 Å². The molecule has 0 radical (unpaired) electrons. The third kappa shape index (κ3) is 3.09. The molecule has 1 fully saturated rings. The lowest BCUT2D eigenvalue weighted by molar-refractivity contribution is 0.0516. The minimum atomic E-state index is -0.313.